The Bertz CT molecular complexity index is 76.2. The first-order valence-corrected chi connectivity index (χ1v) is 2.03. The number of rotatable bonds is 2. The van der Waals surface area contributed by atoms with Gasteiger partial charge in [0.2, 0.25) is 0 Å². The van der Waals surface area contributed by atoms with E-state index in [0.29, 0.717) is 0 Å². The number of hydrogen-bond donors (Lipinski definition) is 2. The fraction of sp³-hybridized carbons (Fsp3) is 0.750. The molecule has 0 bridgehead atoms. The van der Waals surface area contributed by atoms with Crippen molar-refractivity contribution < 1.29 is 15.0 Å². The first-order chi connectivity index (χ1) is 3.13. The average Bonchev–Trinajstić information content (AvgIpc) is 1.27. The van der Waals surface area contributed by atoms with E-state index >= 15 is 0 Å². The van der Waals surface area contributed by atoms with E-state index < -0.39 is 12.1 Å². The van der Waals surface area contributed by atoms with E-state index in [9.17, 15) is 4.79 Å². The van der Waals surface area contributed by atoms with Crippen molar-refractivity contribution in [3.8, 4) is 0 Å². The Labute approximate surface area is 100.0 Å². The monoisotopic (exact) mass is 172 g/mol. The maximum atomic E-state index is 9.65. The summed E-state index contributed by atoms with van der Waals surface area (Å²) in [5, 5.41) is 16.3. The molecule has 9 heavy (non-hydrogen) atoms. The molecule has 0 rings (SSSR count). The number of carboxylic acids is 1. The first-order valence-electron chi connectivity index (χ1n) is 2.03. The van der Waals surface area contributed by atoms with Crippen LogP contribution in [0.15, 0.2) is 0 Å². The normalized spacial score (nSPS) is 10.4. The summed E-state index contributed by atoms with van der Waals surface area (Å²) in [6.45, 7) is 1.44. The van der Waals surface area contributed by atoms with Gasteiger partial charge in [-0.15, -0.1) is 0 Å². The van der Waals surface area contributed by atoms with Crippen LogP contribution < -0.4 is 0 Å². The van der Waals surface area contributed by atoms with Gasteiger partial charge in [-0.2, -0.15) is 0 Å². The van der Waals surface area contributed by atoms with Gasteiger partial charge in [0.25, 0.3) is 0 Å². The molecule has 0 aliphatic heterocycles. The van der Waals surface area contributed by atoms with Crippen molar-refractivity contribution in [1.29, 1.82) is 0 Å². The fourth-order valence-electron chi connectivity index (χ4n) is 0.253. The molecule has 50 valence electrons. The molecule has 0 saturated heterocycles. The Balaban J connectivity index is -0.000000180. The summed E-state index contributed by atoms with van der Waals surface area (Å²) in [7, 11) is 0. The van der Waals surface area contributed by atoms with Crippen LogP contribution in [0.3, 0.4) is 0 Å². The second-order valence-corrected chi connectivity index (χ2v) is 1.45. The summed E-state index contributed by atoms with van der Waals surface area (Å²) in [6, 6.07) is 0. The molecule has 0 radical (unpaired) electrons. The second-order valence-electron chi connectivity index (χ2n) is 1.45. The van der Waals surface area contributed by atoms with Gasteiger partial charge < -0.3 is 10.2 Å². The quantitative estimate of drug-likeness (QED) is 0.474. The zero-order valence-corrected chi connectivity index (χ0v) is 4.09. The third-order valence-electron chi connectivity index (χ3n) is 0.470. The summed E-state index contributed by atoms with van der Waals surface area (Å²) < 4.78 is 0. The summed E-state index contributed by atoms with van der Waals surface area (Å²) in [5.41, 5.74) is 0. The molecule has 3 nitrogen and oxygen atoms in total. The molecule has 0 saturated carbocycles. The van der Waals surface area contributed by atoms with Gasteiger partial charge in [-0.1, -0.05) is 0 Å². The Morgan fingerprint density at radius 2 is 2.00 bits per heavy atom. The number of carbonyl (C=O) groups is 1. The number of aliphatic hydroxyl groups is 1. The third-order valence-corrected chi connectivity index (χ3v) is 0.470. The predicted octanol–water partition coefficient (Wildman–Crippen LogP) is -1.99. The number of carboxylic acid groups (broad SMARTS) is 1. The van der Waals surface area contributed by atoms with Crippen molar-refractivity contribution >= 4 is 66.8 Å². The zero-order valence-electron chi connectivity index (χ0n) is 4.09. The molecule has 0 aromatic heterocycles. The van der Waals surface area contributed by atoms with Gasteiger partial charge in [-0.3, -0.25) is 4.79 Å². The Hall–Kier alpha value is 1.46. The van der Waals surface area contributed by atoms with Crippen LogP contribution in [0.2, 0.25) is 0 Å². The molecule has 1 atom stereocenters. The average molecular weight is 173 g/mol. The minimum Gasteiger partial charge on any atom is 0.316 e. The maximum Gasteiger partial charge on any atom is 0.316 e. The Morgan fingerprint density at radius 1 is 1.67 bits per heavy atom. The maximum absolute atomic E-state index is 9.65. The molecule has 0 amide bonds. The van der Waals surface area contributed by atoms with Crippen molar-refractivity contribution in [3.05, 3.63) is 0 Å². The van der Waals surface area contributed by atoms with E-state index in [4.69, 9.17) is 10.2 Å². The van der Waals surface area contributed by atoms with Crippen LogP contribution in [-0.4, -0.2) is 83.1 Å². The van der Waals surface area contributed by atoms with Crippen LogP contribution in [0, 0.1) is 0 Å². The van der Waals surface area contributed by atoms with Crippen molar-refractivity contribution in [3.63, 3.8) is 0 Å². The number of aliphatic hydroxyl groups excluding tert-OH is 1. The van der Waals surface area contributed by atoms with Crippen LogP contribution in [0.25, 0.3) is 0 Å². The Kier molecular flexibility index (Phi) is 17.7. The second kappa shape index (κ2) is 9.46. The van der Waals surface area contributed by atoms with Gasteiger partial charge in [-0.25, -0.2) is 0 Å². The summed E-state index contributed by atoms with van der Waals surface area (Å²) in [6.07, 6.45) is -0.891. The fourth-order valence-corrected chi connectivity index (χ4v) is 0.253. The largest absolute Gasteiger partial charge is 0.316 e. The van der Waals surface area contributed by atoms with Gasteiger partial charge in [0.1, 0.15) is 0 Å². The van der Waals surface area contributed by atoms with E-state index in [-0.39, 0.29) is 67.2 Å². The standard InChI is InChI=1S/C4H8O3.Ca.Mg.4H/c1-3(5)2-4(6)7;;;;;;/h3,5H,2H2,1H3,(H,6,7);;;;;;/t3-;;;;;;/m1....../s1. The third kappa shape index (κ3) is 17.7. The van der Waals surface area contributed by atoms with Crippen LogP contribution in [0.4, 0.5) is 0 Å². The number of aliphatic carboxylic acids is 1. The molecule has 0 spiro atoms. The molecule has 0 unspecified atom stereocenters. The molecule has 0 aromatic rings. The van der Waals surface area contributed by atoms with E-state index in [0.717, 1.165) is 0 Å². The topological polar surface area (TPSA) is 57.5 Å². The first kappa shape index (κ1) is 16.8. The molecular formula is C4H12CaMgO3. The van der Waals surface area contributed by atoms with Crippen molar-refractivity contribution in [2.45, 2.75) is 19.4 Å². The van der Waals surface area contributed by atoms with Crippen molar-refractivity contribution in [1.82, 2.24) is 0 Å². The molecule has 5 heteroatoms. The van der Waals surface area contributed by atoms with Crippen LogP contribution >= 0.6 is 0 Å². The smallest absolute Gasteiger partial charge is 0.316 e. The van der Waals surface area contributed by atoms with Crippen molar-refractivity contribution in [2.24, 2.45) is 0 Å². The van der Waals surface area contributed by atoms with Crippen molar-refractivity contribution in [2.75, 3.05) is 0 Å². The van der Waals surface area contributed by atoms with Crippen LogP contribution in [0.5, 0.6) is 0 Å². The van der Waals surface area contributed by atoms with E-state index in [2.05, 4.69) is 0 Å². The van der Waals surface area contributed by atoms with E-state index in [1.54, 1.807) is 0 Å². The van der Waals surface area contributed by atoms with Gasteiger partial charge in [0.05, 0.1) is 12.5 Å². The van der Waals surface area contributed by atoms with Gasteiger partial charge in [0.15, 0.2) is 0 Å². The molecule has 0 aliphatic rings. The molecule has 0 fully saturated rings. The molecule has 2 N–H and O–H groups in total. The molecule has 0 heterocycles. The van der Waals surface area contributed by atoms with Gasteiger partial charge in [0, 0.05) is 0 Å². The zero-order chi connectivity index (χ0) is 5.86. The van der Waals surface area contributed by atoms with Crippen LogP contribution in [-0.2, 0) is 4.79 Å². The van der Waals surface area contributed by atoms with E-state index in [1.165, 1.54) is 6.92 Å². The molecule has 0 aliphatic carbocycles. The summed E-state index contributed by atoms with van der Waals surface area (Å²) in [5.74, 6) is -0.963. The molecular weight excluding hydrogens is 160 g/mol. The van der Waals surface area contributed by atoms with Gasteiger partial charge in [-0.05, 0) is 6.92 Å². The van der Waals surface area contributed by atoms with Gasteiger partial charge >= 0.3 is 66.8 Å². The van der Waals surface area contributed by atoms with Crippen LogP contribution in [0.1, 0.15) is 13.3 Å². The number of hydrogen-bond acceptors (Lipinski definition) is 2. The van der Waals surface area contributed by atoms with E-state index in [1.807, 2.05) is 0 Å². The summed E-state index contributed by atoms with van der Waals surface area (Å²) >= 11 is 0. The predicted molar refractivity (Wildman–Crippen MR) is 41.0 cm³/mol. The minimum absolute atomic E-state index is 0. The minimum atomic E-state index is -0.963. The molecule has 0 aromatic carbocycles. The Morgan fingerprint density at radius 3 is 2.00 bits per heavy atom. The summed E-state index contributed by atoms with van der Waals surface area (Å²) in [4.78, 5) is 9.65. The SMILES string of the molecule is C[C@@H](O)CC(=O)O.[CaH2].[MgH2].